The largest absolute Gasteiger partial charge is 0.325 e. The number of aromatic nitrogens is 4. The first kappa shape index (κ1) is 17.9. The van der Waals surface area contributed by atoms with Crippen LogP contribution in [0.15, 0.2) is 70.6 Å². The molecule has 0 aliphatic heterocycles. The summed E-state index contributed by atoms with van der Waals surface area (Å²) < 4.78 is 1.76. The predicted molar refractivity (Wildman–Crippen MR) is 113 cm³/mol. The van der Waals surface area contributed by atoms with Gasteiger partial charge in [0, 0.05) is 22.1 Å². The molecule has 0 saturated heterocycles. The maximum Gasteiger partial charge on any atom is 0.254 e. The van der Waals surface area contributed by atoms with E-state index in [-0.39, 0.29) is 11.8 Å². The molecule has 2 aromatic heterocycles. The Morgan fingerprint density at radius 1 is 1.07 bits per heavy atom. The van der Waals surface area contributed by atoms with Crippen molar-refractivity contribution in [3.05, 3.63) is 66.4 Å². The quantitative estimate of drug-likeness (QED) is 0.495. The van der Waals surface area contributed by atoms with Gasteiger partial charge in [-0.1, -0.05) is 54.2 Å². The first-order valence-electron chi connectivity index (χ1n) is 9.55. The van der Waals surface area contributed by atoms with E-state index in [2.05, 4.69) is 20.4 Å². The van der Waals surface area contributed by atoms with E-state index < -0.39 is 0 Å². The summed E-state index contributed by atoms with van der Waals surface area (Å²) in [6.07, 6.45) is 1.96. The lowest BCUT2D eigenvalue weighted by atomic mass is 10.2. The van der Waals surface area contributed by atoms with Crippen LogP contribution in [0.25, 0.3) is 17.2 Å². The van der Waals surface area contributed by atoms with Gasteiger partial charge in [-0.2, -0.15) is 9.50 Å². The van der Waals surface area contributed by atoms with Crippen LogP contribution in [0.3, 0.4) is 0 Å². The van der Waals surface area contributed by atoms with Crippen molar-refractivity contribution in [3.8, 4) is 11.4 Å². The molecule has 0 spiro atoms. The van der Waals surface area contributed by atoms with E-state index in [1.165, 1.54) is 0 Å². The van der Waals surface area contributed by atoms with Crippen molar-refractivity contribution in [2.24, 2.45) is 5.92 Å². The minimum absolute atomic E-state index is 0.0984. The second kappa shape index (κ2) is 7.33. The Labute approximate surface area is 172 Å². The number of nitrogens with zero attached hydrogens (tertiary/aromatic N) is 4. The molecule has 1 aliphatic rings. The van der Waals surface area contributed by atoms with Crippen molar-refractivity contribution in [2.75, 3.05) is 5.32 Å². The van der Waals surface area contributed by atoms with Gasteiger partial charge in [0.15, 0.2) is 5.82 Å². The molecule has 0 unspecified atom stereocenters. The molecule has 0 bridgehead atoms. The number of benzene rings is 2. The van der Waals surface area contributed by atoms with Gasteiger partial charge in [-0.3, -0.25) is 4.79 Å². The predicted octanol–water partition coefficient (Wildman–Crippen LogP) is 4.60. The van der Waals surface area contributed by atoms with Gasteiger partial charge in [0.25, 0.3) is 5.78 Å². The molecule has 2 heterocycles. The van der Waals surface area contributed by atoms with Crippen LogP contribution >= 0.6 is 11.8 Å². The summed E-state index contributed by atoms with van der Waals surface area (Å²) >= 11 is 1.55. The number of hydrogen-bond donors (Lipinski definition) is 1. The first-order chi connectivity index (χ1) is 14.2. The van der Waals surface area contributed by atoms with E-state index in [9.17, 15) is 4.79 Å². The van der Waals surface area contributed by atoms with Gasteiger partial charge in [-0.05, 0) is 38.0 Å². The summed E-state index contributed by atoms with van der Waals surface area (Å²) in [4.78, 5) is 22.3. The summed E-state index contributed by atoms with van der Waals surface area (Å²) in [7, 11) is 0. The Balaban J connectivity index is 1.52. The molecular weight excluding hydrogens is 382 g/mol. The summed E-state index contributed by atoms with van der Waals surface area (Å²) in [6, 6.07) is 19.7. The van der Waals surface area contributed by atoms with E-state index in [0.717, 1.165) is 39.7 Å². The normalized spacial score (nSPS) is 13.6. The van der Waals surface area contributed by atoms with Crippen LogP contribution in [-0.2, 0) is 4.79 Å². The SMILES string of the molecule is Cc1cc(Sc2ccccc2NC(=O)C2CC2)n2nc(-c3ccccc3)nc2n1. The Hall–Kier alpha value is -3.19. The summed E-state index contributed by atoms with van der Waals surface area (Å²) in [5, 5.41) is 8.65. The number of anilines is 1. The number of rotatable bonds is 5. The average molecular weight is 401 g/mol. The van der Waals surface area contributed by atoms with Crippen LogP contribution in [0, 0.1) is 12.8 Å². The van der Waals surface area contributed by atoms with Crippen LogP contribution in [0.5, 0.6) is 0 Å². The highest BCUT2D eigenvalue weighted by molar-refractivity contribution is 7.99. The van der Waals surface area contributed by atoms with Crippen molar-refractivity contribution >= 4 is 29.1 Å². The summed E-state index contributed by atoms with van der Waals surface area (Å²) in [6.45, 7) is 1.95. The molecule has 6 nitrogen and oxygen atoms in total. The Bertz CT molecular complexity index is 1200. The van der Waals surface area contributed by atoms with Crippen molar-refractivity contribution < 1.29 is 4.79 Å². The van der Waals surface area contributed by atoms with E-state index in [4.69, 9.17) is 0 Å². The standard InChI is InChI=1S/C22H19N5OS/c1-14-13-19(27-22(23-14)25-20(26-27)15-7-3-2-4-8-15)29-18-10-6-5-9-17(18)24-21(28)16-11-12-16/h2-10,13,16H,11-12H2,1H3,(H,24,28). The second-order valence-corrected chi connectivity index (χ2v) is 8.17. The average Bonchev–Trinajstić information content (AvgIpc) is 3.50. The number of carbonyl (C=O) groups is 1. The van der Waals surface area contributed by atoms with Gasteiger partial charge in [0.2, 0.25) is 5.91 Å². The molecule has 0 atom stereocenters. The molecule has 4 aromatic rings. The second-order valence-electron chi connectivity index (χ2n) is 7.11. The fraction of sp³-hybridized carbons (Fsp3) is 0.182. The monoisotopic (exact) mass is 401 g/mol. The molecule has 7 heteroatoms. The van der Waals surface area contributed by atoms with Crippen LogP contribution in [0.2, 0.25) is 0 Å². The molecular formula is C22H19N5OS. The molecule has 1 aliphatic carbocycles. The lowest BCUT2D eigenvalue weighted by Gasteiger charge is -2.11. The minimum Gasteiger partial charge on any atom is -0.325 e. The molecule has 1 amide bonds. The van der Waals surface area contributed by atoms with Crippen molar-refractivity contribution in [2.45, 2.75) is 29.7 Å². The highest BCUT2D eigenvalue weighted by atomic mass is 32.2. The molecule has 2 aromatic carbocycles. The number of carbonyl (C=O) groups excluding carboxylic acids is 1. The fourth-order valence-electron chi connectivity index (χ4n) is 3.09. The number of para-hydroxylation sites is 1. The number of fused-ring (bicyclic) bond motifs is 1. The third-order valence-corrected chi connectivity index (χ3v) is 5.82. The first-order valence-corrected chi connectivity index (χ1v) is 10.4. The van der Waals surface area contributed by atoms with Gasteiger partial charge in [-0.15, -0.1) is 5.10 Å². The molecule has 144 valence electrons. The maximum atomic E-state index is 12.2. The maximum absolute atomic E-state index is 12.2. The van der Waals surface area contributed by atoms with E-state index in [0.29, 0.717) is 11.6 Å². The van der Waals surface area contributed by atoms with E-state index in [1.807, 2.05) is 67.6 Å². The van der Waals surface area contributed by atoms with E-state index >= 15 is 0 Å². The van der Waals surface area contributed by atoms with Crippen molar-refractivity contribution in [1.82, 2.24) is 19.6 Å². The number of nitrogens with one attached hydrogen (secondary N) is 1. The van der Waals surface area contributed by atoms with E-state index in [1.54, 1.807) is 16.3 Å². The highest BCUT2D eigenvalue weighted by Crippen LogP contribution is 2.36. The molecule has 0 radical (unpaired) electrons. The lowest BCUT2D eigenvalue weighted by Crippen LogP contribution is -2.13. The zero-order valence-corrected chi connectivity index (χ0v) is 16.7. The van der Waals surface area contributed by atoms with Crippen LogP contribution in [0.1, 0.15) is 18.5 Å². The van der Waals surface area contributed by atoms with Crippen LogP contribution in [0.4, 0.5) is 5.69 Å². The molecule has 1 N–H and O–H groups in total. The third-order valence-electron chi connectivity index (χ3n) is 4.75. The minimum atomic E-state index is 0.0984. The fourth-order valence-corrected chi connectivity index (χ4v) is 4.13. The number of amides is 1. The zero-order chi connectivity index (χ0) is 19.8. The lowest BCUT2D eigenvalue weighted by molar-refractivity contribution is -0.117. The zero-order valence-electron chi connectivity index (χ0n) is 15.9. The van der Waals surface area contributed by atoms with Crippen LogP contribution in [-0.4, -0.2) is 25.5 Å². The number of hydrogen-bond acceptors (Lipinski definition) is 5. The highest BCUT2D eigenvalue weighted by Gasteiger charge is 2.30. The Morgan fingerprint density at radius 3 is 2.62 bits per heavy atom. The van der Waals surface area contributed by atoms with Gasteiger partial charge in [-0.25, -0.2) is 4.98 Å². The van der Waals surface area contributed by atoms with Gasteiger partial charge < -0.3 is 5.32 Å². The smallest absolute Gasteiger partial charge is 0.254 e. The van der Waals surface area contributed by atoms with Crippen molar-refractivity contribution in [3.63, 3.8) is 0 Å². The molecule has 1 saturated carbocycles. The molecule has 1 fully saturated rings. The van der Waals surface area contributed by atoms with Crippen LogP contribution < -0.4 is 5.32 Å². The molecule has 5 rings (SSSR count). The summed E-state index contributed by atoms with van der Waals surface area (Å²) in [5.74, 6) is 1.46. The Kier molecular flexibility index (Phi) is 4.52. The summed E-state index contributed by atoms with van der Waals surface area (Å²) in [5.41, 5.74) is 2.63. The van der Waals surface area contributed by atoms with Crippen molar-refractivity contribution in [1.29, 1.82) is 0 Å². The topological polar surface area (TPSA) is 72.2 Å². The van der Waals surface area contributed by atoms with Gasteiger partial charge in [0.05, 0.1) is 5.69 Å². The third kappa shape index (κ3) is 3.73. The van der Waals surface area contributed by atoms with Gasteiger partial charge >= 0.3 is 0 Å². The molecule has 29 heavy (non-hydrogen) atoms. The number of aryl methyl sites for hydroxylation is 1. The Morgan fingerprint density at radius 2 is 1.83 bits per heavy atom. The van der Waals surface area contributed by atoms with Gasteiger partial charge in [0.1, 0.15) is 5.03 Å².